The highest BCUT2D eigenvalue weighted by Crippen LogP contribution is 2.44. The Bertz CT molecular complexity index is 1030. The highest BCUT2D eigenvalue weighted by molar-refractivity contribution is 7.98. The van der Waals surface area contributed by atoms with E-state index in [2.05, 4.69) is 29.6 Å². The molecule has 1 heterocycles. The highest BCUT2D eigenvalue weighted by atomic mass is 32.2. The molecule has 2 amide bonds. The standard InChI is InChI=1S/C27H32N2O5S/c1-35-15-13-24(26(32)29-14-7-6-8-18(29)16-25(30)31)28-27(33)34-17-23-21-11-4-2-9-19(21)20-10-3-5-12-22(20)23/h2-5,9-12,18,23-24H,6-8,13-17H2,1H3,(H,28,33)(H,30,31)/t18?,24-/m1/s1. The second-order valence-electron chi connectivity index (χ2n) is 9.08. The van der Waals surface area contributed by atoms with Crippen LogP contribution >= 0.6 is 11.8 Å². The molecule has 1 fully saturated rings. The zero-order valence-corrected chi connectivity index (χ0v) is 20.8. The van der Waals surface area contributed by atoms with Crippen LogP contribution in [0.4, 0.5) is 4.79 Å². The number of likely N-dealkylation sites (tertiary alicyclic amines) is 1. The van der Waals surface area contributed by atoms with Crippen LogP contribution < -0.4 is 5.32 Å². The van der Waals surface area contributed by atoms with Crippen LogP contribution in [0.2, 0.25) is 0 Å². The van der Waals surface area contributed by atoms with Crippen LogP contribution in [0.3, 0.4) is 0 Å². The normalized spacial score (nSPS) is 17.9. The molecule has 186 valence electrons. The minimum absolute atomic E-state index is 0.0597. The number of carboxylic acid groups (broad SMARTS) is 1. The zero-order chi connectivity index (χ0) is 24.8. The van der Waals surface area contributed by atoms with Gasteiger partial charge in [-0.1, -0.05) is 48.5 Å². The lowest BCUT2D eigenvalue weighted by molar-refractivity contribution is -0.142. The predicted octanol–water partition coefficient (Wildman–Crippen LogP) is 4.50. The summed E-state index contributed by atoms with van der Waals surface area (Å²) >= 11 is 1.59. The van der Waals surface area contributed by atoms with E-state index in [1.807, 2.05) is 30.5 Å². The van der Waals surface area contributed by atoms with Crippen molar-refractivity contribution in [3.63, 3.8) is 0 Å². The number of fused-ring (bicyclic) bond motifs is 3. The maximum Gasteiger partial charge on any atom is 0.407 e. The van der Waals surface area contributed by atoms with Crippen LogP contribution in [0.1, 0.15) is 49.1 Å². The molecule has 4 rings (SSSR count). The first kappa shape index (κ1) is 25.1. The highest BCUT2D eigenvalue weighted by Gasteiger charge is 2.34. The number of benzene rings is 2. The summed E-state index contributed by atoms with van der Waals surface area (Å²) in [6.45, 7) is 0.688. The summed E-state index contributed by atoms with van der Waals surface area (Å²) in [5.74, 6) is -0.508. The lowest BCUT2D eigenvalue weighted by atomic mass is 9.98. The number of alkyl carbamates (subject to hydrolysis) is 1. The van der Waals surface area contributed by atoms with Gasteiger partial charge >= 0.3 is 12.1 Å². The summed E-state index contributed by atoms with van der Waals surface area (Å²) < 4.78 is 5.66. The number of hydrogen-bond donors (Lipinski definition) is 2. The molecule has 2 aromatic rings. The number of aliphatic carboxylic acids is 1. The lowest BCUT2D eigenvalue weighted by Gasteiger charge is -2.37. The van der Waals surface area contributed by atoms with Crippen LogP contribution in [0.25, 0.3) is 11.1 Å². The molecular formula is C27H32N2O5S. The summed E-state index contributed by atoms with van der Waals surface area (Å²) in [5.41, 5.74) is 4.56. The van der Waals surface area contributed by atoms with E-state index in [1.54, 1.807) is 16.7 Å². The topological polar surface area (TPSA) is 95.9 Å². The Morgan fingerprint density at radius 2 is 1.74 bits per heavy atom. The molecular weight excluding hydrogens is 464 g/mol. The maximum atomic E-state index is 13.4. The zero-order valence-electron chi connectivity index (χ0n) is 19.9. The van der Waals surface area contributed by atoms with Crippen molar-refractivity contribution in [2.75, 3.05) is 25.2 Å². The van der Waals surface area contributed by atoms with Crippen molar-refractivity contribution in [2.45, 2.75) is 50.1 Å². The largest absolute Gasteiger partial charge is 0.481 e. The Morgan fingerprint density at radius 3 is 2.37 bits per heavy atom. The number of carbonyl (C=O) groups excluding carboxylic acids is 2. The van der Waals surface area contributed by atoms with Gasteiger partial charge < -0.3 is 20.1 Å². The van der Waals surface area contributed by atoms with Gasteiger partial charge in [0.05, 0.1) is 6.42 Å². The minimum Gasteiger partial charge on any atom is -0.481 e. The van der Waals surface area contributed by atoms with Crippen molar-refractivity contribution in [1.82, 2.24) is 10.2 Å². The fourth-order valence-corrected chi connectivity index (χ4v) is 5.65. The number of ether oxygens (including phenoxy) is 1. The number of amides is 2. The van der Waals surface area contributed by atoms with Gasteiger partial charge in [-0.25, -0.2) is 4.79 Å². The number of rotatable bonds is 9. The summed E-state index contributed by atoms with van der Waals surface area (Å²) in [5, 5.41) is 12.1. The van der Waals surface area contributed by atoms with Gasteiger partial charge in [-0.15, -0.1) is 0 Å². The quantitative estimate of drug-likeness (QED) is 0.531. The molecule has 1 aliphatic carbocycles. The average molecular weight is 497 g/mol. The van der Waals surface area contributed by atoms with Crippen LogP contribution in [0, 0.1) is 0 Å². The van der Waals surface area contributed by atoms with E-state index < -0.39 is 18.1 Å². The molecule has 0 spiro atoms. The number of piperidine rings is 1. The number of carboxylic acids is 1. The number of hydrogen-bond acceptors (Lipinski definition) is 5. The van der Waals surface area contributed by atoms with Crippen molar-refractivity contribution in [3.05, 3.63) is 59.7 Å². The van der Waals surface area contributed by atoms with Crippen molar-refractivity contribution >= 4 is 29.7 Å². The van der Waals surface area contributed by atoms with E-state index in [9.17, 15) is 19.5 Å². The molecule has 2 N–H and O–H groups in total. The van der Waals surface area contributed by atoms with Gasteiger partial charge in [0.1, 0.15) is 12.6 Å². The van der Waals surface area contributed by atoms with Crippen LogP contribution in [-0.4, -0.2) is 65.2 Å². The SMILES string of the molecule is CSCC[C@@H](NC(=O)OCC1c2ccccc2-c2ccccc21)C(=O)N1CCCCC1CC(=O)O. The fraction of sp³-hybridized carbons (Fsp3) is 0.444. The van der Waals surface area contributed by atoms with Gasteiger partial charge in [0, 0.05) is 18.5 Å². The van der Waals surface area contributed by atoms with Gasteiger partial charge in [-0.3, -0.25) is 9.59 Å². The molecule has 0 aromatic heterocycles. The van der Waals surface area contributed by atoms with Crippen molar-refractivity contribution in [1.29, 1.82) is 0 Å². The molecule has 8 heteroatoms. The van der Waals surface area contributed by atoms with Crippen LogP contribution in [0.15, 0.2) is 48.5 Å². The maximum absolute atomic E-state index is 13.4. The second-order valence-corrected chi connectivity index (χ2v) is 10.1. The number of carbonyl (C=O) groups is 3. The second kappa shape index (κ2) is 11.6. The molecule has 7 nitrogen and oxygen atoms in total. The molecule has 2 aromatic carbocycles. The Kier molecular flexibility index (Phi) is 8.33. The molecule has 1 unspecified atom stereocenters. The van der Waals surface area contributed by atoms with E-state index >= 15 is 0 Å². The first-order valence-corrected chi connectivity index (χ1v) is 13.5. The Labute approximate surface area is 210 Å². The first-order valence-electron chi connectivity index (χ1n) is 12.1. The van der Waals surface area contributed by atoms with Crippen LogP contribution in [-0.2, 0) is 14.3 Å². The van der Waals surface area contributed by atoms with E-state index in [0.717, 1.165) is 35.1 Å². The number of nitrogens with zero attached hydrogens (tertiary/aromatic N) is 1. The van der Waals surface area contributed by atoms with Crippen molar-refractivity contribution < 1.29 is 24.2 Å². The molecule has 0 saturated carbocycles. The molecule has 2 atom stereocenters. The Balaban J connectivity index is 1.43. The van der Waals surface area contributed by atoms with Crippen molar-refractivity contribution in [2.24, 2.45) is 0 Å². The monoisotopic (exact) mass is 496 g/mol. The smallest absolute Gasteiger partial charge is 0.407 e. The van der Waals surface area contributed by atoms with Gasteiger partial charge in [-0.05, 0) is 59.9 Å². The van der Waals surface area contributed by atoms with E-state index in [1.165, 1.54) is 0 Å². The fourth-order valence-electron chi connectivity index (χ4n) is 5.18. The third kappa shape index (κ3) is 5.81. The minimum atomic E-state index is -0.917. The molecule has 2 aliphatic rings. The average Bonchev–Trinajstić information content (AvgIpc) is 3.18. The summed E-state index contributed by atoms with van der Waals surface area (Å²) in [6, 6.07) is 15.2. The van der Waals surface area contributed by atoms with E-state index in [4.69, 9.17) is 4.74 Å². The molecule has 0 bridgehead atoms. The number of thioether (sulfide) groups is 1. The molecule has 35 heavy (non-hydrogen) atoms. The summed E-state index contributed by atoms with van der Waals surface area (Å²) in [6.07, 6.45) is 4.10. The predicted molar refractivity (Wildman–Crippen MR) is 137 cm³/mol. The third-order valence-electron chi connectivity index (χ3n) is 6.86. The summed E-state index contributed by atoms with van der Waals surface area (Å²) in [4.78, 5) is 39.2. The lowest BCUT2D eigenvalue weighted by Crippen LogP contribution is -2.54. The molecule has 0 radical (unpaired) electrons. The van der Waals surface area contributed by atoms with Gasteiger partial charge in [0.15, 0.2) is 0 Å². The van der Waals surface area contributed by atoms with E-state index in [0.29, 0.717) is 25.1 Å². The van der Waals surface area contributed by atoms with Crippen LogP contribution in [0.5, 0.6) is 0 Å². The Hall–Kier alpha value is -3.00. The van der Waals surface area contributed by atoms with Gasteiger partial charge in [0.2, 0.25) is 5.91 Å². The molecule has 1 saturated heterocycles. The van der Waals surface area contributed by atoms with E-state index in [-0.39, 0.29) is 30.9 Å². The molecule has 1 aliphatic heterocycles. The van der Waals surface area contributed by atoms with Crippen molar-refractivity contribution in [3.8, 4) is 11.1 Å². The van der Waals surface area contributed by atoms with Gasteiger partial charge in [-0.2, -0.15) is 11.8 Å². The first-order chi connectivity index (χ1) is 17.0. The number of nitrogens with one attached hydrogen (secondary N) is 1. The summed E-state index contributed by atoms with van der Waals surface area (Å²) in [7, 11) is 0. The van der Waals surface area contributed by atoms with Gasteiger partial charge in [0.25, 0.3) is 0 Å². The third-order valence-corrected chi connectivity index (χ3v) is 7.51. The Morgan fingerprint density at radius 1 is 1.09 bits per heavy atom.